The second kappa shape index (κ2) is 6.19. The van der Waals surface area contributed by atoms with Crippen LogP contribution in [0.25, 0.3) is 11.1 Å². The van der Waals surface area contributed by atoms with Gasteiger partial charge in [-0.3, -0.25) is 4.98 Å². The van der Waals surface area contributed by atoms with Gasteiger partial charge in [-0.25, -0.2) is 0 Å². The van der Waals surface area contributed by atoms with E-state index in [0.29, 0.717) is 5.82 Å². The maximum atomic E-state index is 9.07. The molecule has 0 saturated heterocycles. The SMILES string of the molecule is CC(C)(CCO)CNc1snc(N)c1-c1cccnc1. The average molecular weight is 292 g/mol. The molecule has 0 spiro atoms. The predicted molar refractivity (Wildman–Crippen MR) is 83.7 cm³/mol. The third kappa shape index (κ3) is 3.46. The molecule has 5 nitrogen and oxygen atoms in total. The Hall–Kier alpha value is -1.66. The molecule has 0 unspecified atom stereocenters. The lowest BCUT2D eigenvalue weighted by Crippen LogP contribution is -2.24. The van der Waals surface area contributed by atoms with Crippen LogP contribution in [0.15, 0.2) is 24.5 Å². The largest absolute Gasteiger partial charge is 0.396 e. The standard InChI is InChI=1S/C14H20N4OS/c1-14(2,5-7-19)9-17-13-11(12(15)18-20-13)10-4-3-6-16-8-10/h3-4,6,8,17,19H,5,7,9H2,1-2H3,(H2,15,18). The molecular weight excluding hydrogens is 272 g/mol. The first-order chi connectivity index (χ1) is 9.53. The maximum Gasteiger partial charge on any atom is 0.147 e. The Balaban J connectivity index is 2.18. The van der Waals surface area contributed by atoms with Gasteiger partial charge in [-0.1, -0.05) is 19.9 Å². The van der Waals surface area contributed by atoms with Crippen molar-refractivity contribution < 1.29 is 5.11 Å². The van der Waals surface area contributed by atoms with Gasteiger partial charge in [0.1, 0.15) is 10.8 Å². The smallest absolute Gasteiger partial charge is 0.147 e. The Labute approximate surface area is 123 Å². The van der Waals surface area contributed by atoms with Gasteiger partial charge in [-0.2, -0.15) is 4.37 Å². The quantitative estimate of drug-likeness (QED) is 0.762. The average Bonchev–Trinajstić information content (AvgIpc) is 2.79. The number of rotatable bonds is 6. The van der Waals surface area contributed by atoms with Crippen LogP contribution in [0, 0.1) is 5.41 Å². The summed E-state index contributed by atoms with van der Waals surface area (Å²) in [5.74, 6) is 0.519. The third-order valence-corrected chi connectivity index (χ3v) is 4.00. The number of nitrogens with zero attached hydrogens (tertiary/aromatic N) is 2. The Kier molecular flexibility index (Phi) is 4.57. The third-order valence-electron chi connectivity index (χ3n) is 3.18. The summed E-state index contributed by atoms with van der Waals surface area (Å²) in [5.41, 5.74) is 7.84. The highest BCUT2D eigenvalue weighted by atomic mass is 32.1. The number of nitrogen functional groups attached to an aromatic ring is 1. The van der Waals surface area contributed by atoms with Gasteiger partial charge in [0.25, 0.3) is 0 Å². The molecule has 2 heterocycles. The van der Waals surface area contributed by atoms with Crippen molar-refractivity contribution in [1.82, 2.24) is 9.36 Å². The number of hydrogen-bond donors (Lipinski definition) is 3. The van der Waals surface area contributed by atoms with Gasteiger partial charge < -0.3 is 16.2 Å². The van der Waals surface area contributed by atoms with Crippen LogP contribution < -0.4 is 11.1 Å². The normalized spacial score (nSPS) is 11.6. The minimum Gasteiger partial charge on any atom is -0.396 e. The number of pyridine rings is 1. The van der Waals surface area contributed by atoms with Crippen molar-refractivity contribution in [3.8, 4) is 11.1 Å². The molecule has 0 aliphatic rings. The summed E-state index contributed by atoms with van der Waals surface area (Å²) in [4.78, 5) is 4.12. The van der Waals surface area contributed by atoms with Gasteiger partial charge in [0.15, 0.2) is 0 Å². The van der Waals surface area contributed by atoms with Gasteiger partial charge in [0, 0.05) is 31.1 Å². The molecule has 0 amide bonds. The van der Waals surface area contributed by atoms with E-state index < -0.39 is 0 Å². The summed E-state index contributed by atoms with van der Waals surface area (Å²) < 4.78 is 4.22. The molecule has 0 fully saturated rings. The number of hydrogen-bond acceptors (Lipinski definition) is 6. The fourth-order valence-corrected chi connectivity index (χ4v) is 2.65. The van der Waals surface area contributed by atoms with Gasteiger partial charge in [-0.15, -0.1) is 0 Å². The number of nitrogens with two attached hydrogens (primary N) is 1. The molecule has 20 heavy (non-hydrogen) atoms. The highest BCUT2D eigenvalue weighted by Crippen LogP contribution is 2.37. The second-order valence-corrected chi connectivity index (χ2v) is 6.28. The lowest BCUT2D eigenvalue weighted by molar-refractivity contribution is 0.220. The molecule has 2 aromatic heterocycles. The van der Waals surface area contributed by atoms with Crippen LogP contribution in [-0.4, -0.2) is 27.6 Å². The lowest BCUT2D eigenvalue weighted by atomic mass is 9.90. The number of aliphatic hydroxyl groups is 1. The summed E-state index contributed by atoms with van der Waals surface area (Å²) >= 11 is 1.35. The van der Waals surface area contributed by atoms with E-state index in [0.717, 1.165) is 29.1 Å². The first kappa shape index (κ1) is 14.7. The van der Waals surface area contributed by atoms with Crippen LogP contribution >= 0.6 is 11.5 Å². The van der Waals surface area contributed by atoms with Crippen molar-refractivity contribution >= 4 is 22.4 Å². The van der Waals surface area contributed by atoms with Gasteiger partial charge in [0.2, 0.25) is 0 Å². The first-order valence-electron chi connectivity index (χ1n) is 6.54. The van der Waals surface area contributed by atoms with Gasteiger partial charge in [0.05, 0.1) is 5.56 Å². The zero-order chi connectivity index (χ0) is 14.6. The first-order valence-corrected chi connectivity index (χ1v) is 7.31. The minimum atomic E-state index is 0.0136. The van der Waals surface area contributed by atoms with E-state index in [1.807, 2.05) is 12.1 Å². The van der Waals surface area contributed by atoms with Crippen molar-refractivity contribution in [1.29, 1.82) is 0 Å². The summed E-state index contributed by atoms with van der Waals surface area (Å²) in [7, 11) is 0. The lowest BCUT2D eigenvalue weighted by Gasteiger charge is -2.24. The number of aliphatic hydroxyl groups excluding tert-OH is 1. The van der Waals surface area contributed by atoms with E-state index in [1.165, 1.54) is 11.5 Å². The topological polar surface area (TPSA) is 84.1 Å². The Morgan fingerprint density at radius 2 is 2.25 bits per heavy atom. The Morgan fingerprint density at radius 3 is 2.90 bits per heavy atom. The Bertz CT molecular complexity index is 554. The fraction of sp³-hybridized carbons (Fsp3) is 0.429. The maximum absolute atomic E-state index is 9.07. The van der Waals surface area contributed by atoms with E-state index in [9.17, 15) is 0 Å². The molecule has 6 heteroatoms. The summed E-state index contributed by atoms with van der Waals surface area (Å²) in [6.07, 6.45) is 4.26. The van der Waals surface area contributed by atoms with E-state index in [1.54, 1.807) is 12.4 Å². The van der Waals surface area contributed by atoms with Crippen molar-refractivity contribution in [3.05, 3.63) is 24.5 Å². The van der Waals surface area contributed by atoms with Crippen LogP contribution in [-0.2, 0) is 0 Å². The van der Waals surface area contributed by atoms with Crippen LogP contribution in [0.3, 0.4) is 0 Å². The molecule has 0 radical (unpaired) electrons. The molecule has 0 saturated carbocycles. The second-order valence-electron chi connectivity index (χ2n) is 5.51. The van der Waals surface area contributed by atoms with Gasteiger partial charge in [-0.05, 0) is 29.4 Å². The van der Waals surface area contributed by atoms with Crippen LogP contribution in [0.5, 0.6) is 0 Å². The van der Waals surface area contributed by atoms with Crippen molar-refractivity contribution in [2.24, 2.45) is 5.41 Å². The molecule has 0 aliphatic carbocycles. The number of anilines is 2. The van der Waals surface area contributed by atoms with Crippen molar-refractivity contribution in [2.75, 3.05) is 24.2 Å². The molecular formula is C14H20N4OS. The zero-order valence-corrected chi connectivity index (χ0v) is 12.6. The summed E-state index contributed by atoms with van der Waals surface area (Å²) in [5, 5.41) is 13.4. The molecule has 0 atom stereocenters. The minimum absolute atomic E-state index is 0.0136. The monoisotopic (exact) mass is 292 g/mol. The van der Waals surface area contributed by atoms with E-state index in [-0.39, 0.29) is 12.0 Å². The number of aromatic nitrogens is 2. The fourth-order valence-electron chi connectivity index (χ4n) is 1.92. The zero-order valence-electron chi connectivity index (χ0n) is 11.8. The highest BCUT2D eigenvalue weighted by molar-refractivity contribution is 7.11. The number of nitrogens with one attached hydrogen (secondary N) is 1. The van der Waals surface area contributed by atoms with E-state index >= 15 is 0 Å². The summed E-state index contributed by atoms with van der Waals surface area (Å²) in [6, 6.07) is 3.85. The van der Waals surface area contributed by atoms with E-state index in [2.05, 4.69) is 28.5 Å². The molecule has 0 aliphatic heterocycles. The predicted octanol–water partition coefficient (Wildman–Crippen LogP) is 2.61. The van der Waals surface area contributed by atoms with Crippen molar-refractivity contribution in [3.63, 3.8) is 0 Å². The molecule has 4 N–H and O–H groups in total. The summed E-state index contributed by atoms with van der Waals surface area (Å²) in [6.45, 7) is 5.17. The van der Waals surface area contributed by atoms with Gasteiger partial charge >= 0.3 is 0 Å². The molecule has 108 valence electrons. The van der Waals surface area contributed by atoms with Crippen molar-refractivity contribution in [2.45, 2.75) is 20.3 Å². The van der Waals surface area contributed by atoms with Crippen LogP contribution in [0.1, 0.15) is 20.3 Å². The Morgan fingerprint density at radius 1 is 1.45 bits per heavy atom. The van der Waals surface area contributed by atoms with Crippen LogP contribution in [0.4, 0.5) is 10.8 Å². The van der Waals surface area contributed by atoms with E-state index in [4.69, 9.17) is 10.8 Å². The molecule has 0 bridgehead atoms. The highest BCUT2D eigenvalue weighted by Gasteiger charge is 2.19. The molecule has 2 aromatic rings. The molecule has 0 aromatic carbocycles. The van der Waals surface area contributed by atoms with Crippen LogP contribution in [0.2, 0.25) is 0 Å². The molecule has 2 rings (SSSR count).